The Morgan fingerprint density at radius 2 is 1.84 bits per heavy atom. The fourth-order valence-corrected chi connectivity index (χ4v) is 2.86. The standard InChI is InChI=1S/C13H13BrN2O2S/c1-10-2-7-13(15-9-10)16-19(17,18)12-5-3-11(8-14)4-6-12/h2-7,9H,8H2,1H3,(H,15,16). The van der Waals surface area contributed by atoms with Gasteiger partial charge in [-0.05, 0) is 36.2 Å². The van der Waals surface area contributed by atoms with Crippen molar-refractivity contribution < 1.29 is 8.42 Å². The smallest absolute Gasteiger partial charge is 0.263 e. The van der Waals surface area contributed by atoms with Gasteiger partial charge in [-0.1, -0.05) is 34.1 Å². The van der Waals surface area contributed by atoms with E-state index in [0.29, 0.717) is 11.1 Å². The van der Waals surface area contributed by atoms with Crippen molar-refractivity contribution in [2.24, 2.45) is 0 Å². The predicted octanol–water partition coefficient (Wildman–Crippen LogP) is 3.09. The molecule has 0 aliphatic rings. The van der Waals surface area contributed by atoms with Gasteiger partial charge in [-0.2, -0.15) is 0 Å². The average Bonchev–Trinajstić information content (AvgIpc) is 2.41. The van der Waals surface area contributed by atoms with Gasteiger partial charge in [0.15, 0.2) is 0 Å². The van der Waals surface area contributed by atoms with Crippen molar-refractivity contribution in [2.45, 2.75) is 17.1 Å². The summed E-state index contributed by atoms with van der Waals surface area (Å²) in [6.07, 6.45) is 1.62. The number of pyridine rings is 1. The third-order valence-corrected chi connectivity index (χ3v) is 4.56. The van der Waals surface area contributed by atoms with Gasteiger partial charge in [0.05, 0.1) is 4.90 Å². The summed E-state index contributed by atoms with van der Waals surface area (Å²) in [6, 6.07) is 10.1. The zero-order valence-corrected chi connectivity index (χ0v) is 12.7. The summed E-state index contributed by atoms with van der Waals surface area (Å²) in [5.41, 5.74) is 2.00. The molecule has 0 amide bonds. The van der Waals surface area contributed by atoms with Crippen molar-refractivity contribution in [1.29, 1.82) is 0 Å². The van der Waals surface area contributed by atoms with E-state index in [2.05, 4.69) is 25.6 Å². The van der Waals surface area contributed by atoms with Crippen molar-refractivity contribution in [1.82, 2.24) is 4.98 Å². The van der Waals surface area contributed by atoms with Crippen molar-refractivity contribution >= 4 is 31.8 Å². The number of sulfonamides is 1. The lowest BCUT2D eigenvalue weighted by Crippen LogP contribution is -2.13. The van der Waals surface area contributed by atoms with Crippen molar-refractivity contribution in [3.05, 3.63) is 53.7 Å². The number of hydrogen-bond acceptors (Lipinski definition) is 3. The van der Waals surface area contributed by atoms with E-state index in [9.17, 15) is 8.42 Å². The zero-order chi connectivity index (χ0) is 13.9. The van der Waals surface area contributed by atoms with Gasteiger partial charge in [-0.25, -0.2) is 13.4 Å². The number of rotatable bonds is 4. The van der Waals surface area contributed by atoms with E-state index in [-0.39, 0.29) is 4.90 Å². The summed E-state index contributed by atoms with van der Waals surface area (Å²) in [6.45, 7) is 1.89. The van der Waals surface area contributed by atoms with E-state index < -0.39 is 10.0 Å². The van der Waals surface area contributed by atoms with E-state index in [1.54, 1.807) is 42.6 Å². The Hall–Kier alpha value is -1.40. The highest BCUT2D eigenvalue weighted by molar-refractivity contribution is 9.08. The highest BCUT2D eigenvalue weighted by atomic mass is 79.9. The molecule has 1 aromatic carbocycles. The minimum Gasteiger partial charge on any atom is -0.263 e. The highest BCUT2D eigenvalue weighted by Gasteiger charge is 2.14. The van der Waals surface area contributed by atoms with Crippen LogP contribution in [0, 0.1) is 6.92 Å². The fourth-order valence-electron chi connectivity index (χ4n) is 1.48. The maximum atomic E-state index is 12.1. The van der Waals surface area contributed by atoms with Gasteiger partial charge in [0, 0.05) is 11.5 Å². The van der Waals surface area contributed by atoms with Crippen LogP contribution in [0.2, 0.25) is 0 Å². The topological polar surface area (TPSA) is 59.1 Å². The molecule has 0 atom stereocenters. The van der Waals surface area contributed by atoms with Crippen LogP contribution in [0.25, 0.3) is 0 Å². The highest BCUT2D eigenvalue weighted by Crippen LogP contribution is 2.16. The lowest BCUT2D eigenvalue weighted by molar-refractivity contribution is 0.601. The summed E-state index contributed by atoms with van der Waals surface area (Å²) in [4.78, 5) is 4.25. The first-order valence-electron chi connectivity index (χ1n) is 5.61. The average molecular weight is 341 g/mol. The van der Waals surface area contributed by atoms with Crippen LogP contribution < -0.4 is 4.72 Å². The van der Waals surface area contributed by atoms with Crippen LogP contribution in [0.5, 0.6) is 0 Å². The third kappa shape index (κ3) is 3.54. The van der Waals surface area contributed by atoms with Crippen LogP contribution >= 0.6 is 15.9 Å². The predicted molar refractivity (Wildman–Crippen MR) is 78.9 cm³/mol. The second-order valence-electron chi connectivity index (χ2n) is 4.10. The number of nitrogens with zero attached hydrogens (tertiary/aromatic N) is 1. The van der Waals surface area contributed by atoms with Crippen molar-refractivity contribution in [3.63, 3.8) is 0 Å². The number of aryl methyl sites for hydroxylation is 1. The molecule has 0 saturated heterocycles. The Kier molecular flexibility index (Phi) is 4.21. The molecular formula is C13H13BrN2O2S. The summed E-state index contributed by atoms with van der Waals surface area (Å²) < 4.78 is 26.7. The molecule has 1 N–H and O–H groups in total. The lowest BCUT2D eigenvalue weighted by Gasteiger charge is -2.07. The van der Waals surface area contributed by atoms with Crippen LogP contribution in [-0.4, -0.2) is 13.4 Å². The number of nitrogens with one attached hydrogen (secondary N) is 1. The molecule has 2 aromatic rings. The van der Waals surface area contributed by atoms with E-state index in [1.165, 1.54) is 0 Å². The molecule has 0 spiro atoms. The molecule has 0 aliphatic carbocycles. The van der Waals surface area contributed by atoms with E-state index in [4.69, 9.17) is 0 Å². The van der Waals surface area contributed by atoms with Crippen molar-refractivity contribution in [3.8, 4) is 0 Å². The van der Waals surface area contributed by atoms with Crippen LogP contribution in [0.4, 0.5) is 5.82 Å². The third-order valence-electron chi connectivity index (χ3n) is 2.54. The van der Waals surface area contributed by atoms with Gasteiger partial charge in [0.1, 0.15) is 5.82 Å². The first-order chi connectivity index (χ1) is 9.01. The van der Waals surface area contributed by atoms with Gasteiger partial charge in [0.2, 0.25) is 0 Å². The number of aromatic nitrogens is 1. The van der Waals surface area contributed by atoms with Crippen LogP contribution in [0.1, 0.15) is 11.1 Å². The monoisotopic (exact) mass is 340 g/mol. The molecule has 0 aliphatic heterocycles. The Morgan fingerprint density at radius 1 is 1.16 bits per heavy atom. The van der Waals surface area contributed by atoms with E-state index in [0.717, 1.165) is 11.1 Å². The maximum Gasteiger partial charge on any atom is 0.263 e. The van der Waals surface area contributed by atoms with E-state index in [1.807, 2.05) is 6.92 Å². The second-order valence-corrected chi connectivity index (χ2v) is 6.35. The SMILES string of the molecule is Cc1ccc(NS(=O)(=O)c2ccc(CBr)cc2)nc1. The number of alkyl halides is 1. The molecule has 0 unspecified atom stereocenters. The summed E-state index contributed by atoms with van der Waals surface area (Å²) in [5, 5.41) is 0.695. The maximum absolute atomic E-state index is 12.1. The molecule has 0 bridgehead atoms. The molecule has 2 rings (SSSR count). The normalized spacial score (nSPS) is 11.3. The van der Waals surface area contributed by atoms with Gasteiger partial charge >= 0.3 is 0 Å². The molecule has 100 valence electrons. The summed E-state index contributed by atoms with van der Waals surface area (Å²) in [5.74, 6) is 0.315. The Balaban J connectivity index is 2.24. The quantitative estimate of drug-likeness (QED) is 0.870. The number of hydrogen-bond donors (Lipinski definition) is 1. The van der Waals surface area contributed by atoms with Gasteiger partial charge in [-0.15, -0.1) is 0 Å². The van der Waals surface area contributed by atoms with Gasteiger partial charge < -0.3 is 0 Å². The summed E-state index contributed by atoms with van der Waals surface area (Å²) in [7, 11) is -3.58. The molecule has 1 heterocycles. The van der Waals surface area contributed by atoms with Gasteiger partial charge in [-0.3, -0.25) is 4.72 Å². The van der Waals surface area contributed by atoms with Crippen LogP contribution in [0.3, 0.4) is 0 Å². The van der Waals surface area contributed by atoms with Crippen LogP contribution in [0.15, 0.2) is 47.5 Å². The zero-order valence-electron chi connectivity index (χ0n) is 10.3. The molecule has 0 saturated carbocycles. The van der Waals surface area contributed by atoms with E-state index >= 15 is 0 Å². The number of benzene rings is 1. The van der Waals surface area contributed by atoms with Gasteiger partial charge in [0.25, 0.3) is 10.0 Å². The number of halogens is 1. The molecule has 19 heavy (non-hydrogen) atoms. The minimum atomic E-state index is -3.58. The first kappa shape index (κ1) is 14.0. The molecular weight excluding hydrogens is 328 g/mol. The molecule has 1 aromatic heterocycles. The Bertz CT molecular complexity index is 652. The van der Waals surface area contributed by atoms with Crippen LogP contribution in [-0.2, 0) is 15.4 Å². The molecule has 6 heteroatoms. The summed E-state index contributed by atoms with van der Waals surface area (Å²) >= 11 is 3.32. The van der Waals surface area contributed by atoms with Crippen molar-refractivity contribution in [2.75, 3.05) is 4.72 Å². The first-order valence-corrected chi connectivity index (χ1v) is 8.22. The second kappa shape index (κ2) is 5.71. The lowest BCUT2D eigenvalue weighted by atomic mass is 10.2. The Labute approximate surface area is 121 Å². The number of anilines is 1. The fraction of sp³-hybridized carbons (Fsp3) is 0.154. The molecule has 4 nitrogen and oxygen atoms in total. The minimum absolute atomic E-state index is 0.222. The molecule has 0 fully saturated rings. The largest absolute Gasteiger partial charge is 0.263 e. The Morgan fingerprint density at radius 3 is 2.37 bits per heavy atom. The molecule has 0 radical (unpaired) electrons.